The molecule has 182 valence electrons. The van der Waals surface area contributed by atoms with Crippen LogP contribution in [0.2, 0.25) is 0 Å². The summed E-state index contributed by atoms with van der Waals surface area (Å²) in [5.74, 6) is 2.07. The van der Waals surface area contributed by atoms with Gasteiger partial charge in [-0.3, -0.25) is 9.59 Å². The molecular weight excluding hydrogens is 416 g/mol. The van der Waals surface area contributed by atoms with E-state index in [4.69, 9.17) is 4.74 Å². The Morgan fingerprint density at radius 1 is 1.18 bits per heavy atom. The van der Waals surface area contributed by atoms with Crippen molar-refractivity contribution in [1.29, 1.82) is 0 Å². The molecule has 0 spiro atoms. The zero-order valence-electron chi connectivity index (χ0n) is 21.2. The van der Waals surface area contributed by atoms with Crippen LogP contribution in [0.4, 0.5) is 0 Å². The zero-order valence-corrected chi connectivity index (χ0v) is 21.2. The average molecular weight is 457 g/mol. The molecule has 2 aliphatic heterocycles. The third-order valence-corrected chi connectivity index (χ3v) is 6.22. The van der Waals surface area contributed by atoms with Crippen LogP contribution < -0.4 is 5.32 Å². The van der Waals surface area contributed by atoms with Gasteiger partial charge >= 0.3 is 0 Å². The van der Waals surface area contributed by atoms with Crippen molar-refractivity contribution in [1.82, 2.24) is 20.0 Å². The van der Waals surface area contributed by atoms with Crippen LogP contribution in [0.25, 0.3) is 0 Å². The molecular formula is C26H40N4O3. The van der Waals surface area contributed by atoms with Gasteiger partial charge in [-0.05, 0) is 50.0 Å². The molecule has 0 radical (unpaired) electrons. The average Bonchev–Trinajstić information content (AvgIpc) is 2.78. The molecule has 3 rings (SSSR count). The summed E-state index contributed by atoms with van der Waals surface area (Å²) >= 11 is 0. The van der Waals surface area contributed by atoms with Crippen molar-refractivity contribution in [2.75, 3.05) is 53.4 Å². The van der Waals surface area contributed by atoms with Crippen LogP contribution in [0.1, 0.15) is 47.0 Å². The number of likely N-dealkylation sites (N-methyl/N-ethyl adjacent to an activating group) is 3. The van der Waals surface area contributed by atoms with Gasteiger partial charge in [0, 0.05) is 50.9 Å². The number of nitrogens with one attached hydrogen (secondary N) is 1. The van der Waals surface area contributed by atoms with Crippen LogP contribution in [0, 0.1) is 5.41 Å². The van der Waals surface area contributed by atoms with Gasteiger partial charge in [-0.25, -0.2) is 0 Å². The monoisotopic (exact) mass is 456 g/mol. The summed E-state index contributed by atoms with van der Waals surface area (Å²) in [6, 6.07) is 0. The van der Waals surface area contributed by atoms with E-state index in [0.29, 0.717) is 32.7 Å². The number of rotatable bonds is 8. The molecule has 0 bridgehead atoms. The van der Waals surface area contributed by atoms with Crippen molar-refractivity contribution in [2.45, 2.75) is 47.0 Å². The van der Waals surface area contributed by atoms with Crippen molar-refractivity contribution in [3.8, 4) is 0 Å². The summed E-state index contributed by atoms with van der Waals surface area (Å²) in [5.41, 5.74) is 2.86. The minimum Gasteiger partial charge on any atom is -0.488 e. The third-order valence-electron chi connectivity index (χ3n) is 6.22. The Kier molecular flexibility index (Phi) is 8.05. The van der Waals surface area contributed by atoms with Crippen LogP contribution >= 0.6 is 0 Å². The molecule has 1 N–H and O–H groups in total. The fraction of sp³-hybridized carbons (Fsp3) is 0.615. The van der Waals surface area contributed by atoms with Gasteiger partial charge in [-0.15, -0.1) is 0 Å². The highest BCUT2D eigenvalue weighted by Gasteiger charge is 2.33. The van der Waals surface area contributed by atoms with Crippen LogP contribution in [0.15, 0.2) is 46.7 Å². The maximum Gasteiger partial charge on any atom is 0.251 e. The number of amides is 1. The Labute approximate surface area is 198 Å². The van der Waals surface area contributed by atoms with Crippen molar-refractivity contribution in [3.05, 3.63) is 46.7 Å². The van der Waals surface area contributed by atoms with E-state index in [0.717, 1.165) is 48.7 Å². The molecule has 3 aliphatic rings. The van der Waals surface area contributed by atoms with Gasteiger partial charge in [0.15, 0.2) is 17.4 Å². The second-order valence-corrected chi connectivity index (χ2v) is 10.2. The number of nitrogens with zero attached hydrogens (tertiary/aromatic N) is 3. The minimum atomic E-state index is -0.00146. The lowest BCUT2D eigenvalue weighted by molar-refractivity contribution is -0.127. The molecule has 0 atom stereocenters. The Morgan fingerprint density at radius 2 is 1.94 bits per heavy atom. The summed E-state index contributed by atoms with van der Waals surface area (Å²) in [7, 11) is 3.91. The zero-order chi connectivity index (χ0) is 24.2. The molecule has 0 aromatic heterocycles. The van der Waals surface area contributed by atoms with E-state index in [1.807, 2.05) is 38.1 Å². The number of carbonyl (C=O) groups is 2. The smallest absolute Gasteiger partial charge is 0.251 e. The molecule has 0 saturated carbocycles. The number of carbonyl (C=O) groups excluding carboxylic acids is 2. The van der Waals surface area contributed by atoms with Gasteiger partial charge in [0.05, 0.1) is 6.54 Å². The Morgan fingerprint density at radius 3 is 2.55 bits per heavy atom. The number of hydrogen-bond donors (Lipinski definition) is 1. The highest BCUT2D eigenvalue weighted by molar-refractivity contribution is 5.96. The van der Waals surface area contributed by atoms with Crippen molar-refractivity contribution in [3.63, 3.8) is 0 Å². The van der Waals surface area contributed by atoms with Gasteiger partial charge in [0.1, 0.15) is 6.61 Å². The summed E-state index contributed by atoms with van der Waals surface area (Å²) in [4.78, 5) is 32.0. The molecule has 0 saturated heterocycles. The van der Waals surface area contributed by atoms with Crippen molar-refractivity contribution in [2.24, 2.45) is 5.41 Å². The quantitative estimate of drug-likeness (QED) is 0.606. The topological polar surface area (TPSA) is 65.1 Å². The first kappa shape index (κ1) is 25.1. The summed E-state index contributed by atoms with van der Waals surface area (Å²) in [6.45, 7) is 12.3. The van der Waals surface area contributed by atoms with Crippen LogP contribution in [0.3, 0.4) is 0 Å². The summed E-state index contributed by atoms with van der Waals surface area (Å²) in [5, 5.41) is 3.11. The van der Waals surface area contributed by atoms with Crippen LogP contribution in [0.5, 0.6) is 0 Å². The highest BCUT2D eigenvalue weighted by atomic mass is 16.5. The number of ketones is 1. The van der Waals surface area contributed by atoms with E-state index in [2.05, 4.69) is 42.0 Å². The van der Waals surface area contributed by atoms with E-state index in [1.165, 1.54) is 5.70 Å². The maximum absolute atomic E-state index is 13.1. The molecule has 33 heavy (non-hydrogen) atoms. The maximum atomic E-state index is 13.1. The number of allylic oxidation sites excluding steroid dienone is 5. The minimum absolute atomic E-state index is 0.00146. The first-order chi connectivity index (χ1) is 15.6. The van der Waals surface area contributed by atoms with Crippen molar-refractivity contribution < 1.29 is 14.3 Å². The molecule has 7 nitrogen and oxygen atoms in total. The molecule has 7 heteroatoms. The van der Waals surface area contributed by atoms with Gasteiger partial charge in [-0.2, -0.15) is 0 Å². The van der Waals surface area contributed by atoms with E-state index in [1.54, 1.807) is 0 Å². The number of hydrogen-bond acceptors (Lipinski definition) is 6. The fourth-order valence-electron chi connectivity index (χ4n) is 4.53. The highest BCUT2D eigenvalue weighted by Crippen LogP contribution is 2.34. The largest absolute Gasteiger partial charge is 0.488 e. The second kappa shape index (κ2) is 10.6. The predicted molar refractivity (Wildman–Crippen MR) is 131 cm³/mol. The number of ether oxygens (including phenoxy) is 1. The molecule has 0 fully saturated rings. The molecule has 0 aromatic carbocycles. The molecule has 1 aliphatic carbocycles. The summed E-state index contributed by atoms with van der Waals surface area (Å²) in [6.07, 6.45) is 8.17. The van der Waals surface area contributed by atoms with Gasteiger partial charge in [-0.1, -0.05) is 26.8 Å². The van der Waals surface area contributed by atoms with Gasteiger partial charge in [0.25, 0.3) is 5.91 Å². The second-order valence-electron chi connectivity index (χ2n) is 10.2. The third kappa shape index (κ3) is 6.08. The van der Waals surface area contributed by atoms with E-state index in [-0.39, 0.29) is 17.1 Å². The predicted octanol–water partition coefficient (Wildman–Crippen LogP) is 3.04. The SMILES string of the molecule is CCN(CCNC)C(=O)C1=CC2=C(N(C)C1)N(C1=CC=C(C(=O)CC(C)(C)C)CC1)CCO2. The lowest BCUT2D eigenvalue weighted by atomic mass is 9.85. The normalized spacial score (nSPS) is 18.8. The van der Waals surface area contributed by atoms with Gasteiger partial charge in [0.2, 0.25) is 0 Å². The number of Topliss-reactive ketones (excluding diaryl/α,β-unsaturated/α-hetero) is 1. The van der Waals surface area contributed by atoms with Crippen LogP contribution in [-0.4, -0.2) is 79.8 Å². The lowest BCUT2D eigenvalue weighted by Gasteiger charge is -2.42. The van der Waals surface area contributed by atoms with Gasteiger partial charge < -0.3 is 24.8 Å². The molecule has 0 unspecified atom stereocenters. The van der Waals surface area contributed by atoms with E-state index < -0.39 is 0 Å². The van der Waals surface area contributed by atoms with Crippen LogP contribution in [-0.2, 0) is 14.3 Å². The lowest BCUT2D eigenvalue weighted by Crippen LogP contribution is -2.45. The standard InChI is InChI=1S/C26H40N4O3/c1-7-29(13-12-27-5)25(32)20-16-23-24(28(6)18-20)30(14-15-33-23)21-10-8-19(9-11-21)22(31)17-26(2,3)4/h8,10,16,27H,7,9,11-15,17-18H2,1-6H3. The van der Waals surface area contributed by atoms with E-state index >= 15 is 0 Å². The van der Waals surface area contributed by atoms with E-state index in [9.17, 15) is 9.59 Å². The Hall–Kier alpha value is -2.54. The summed E-state index contributed by atoms with van der Waals surface area (Å²) < 4.78 is 6.00. The van der Waals surface area contributed by atoms with Crippen molar-refractivity contribution >= 4 is 11.7 Å². The molecule has 0 aromatic rings. The first-order valence-electron chi connectivity index (χ1n) is 12.1. The Bertz CT molecular complexity index is 892. The molecule has 1 amide bonds. The fourth-order valence-corrected chi connectivity index (χ4v) is 4.53. The Balaban J connectivity index is 1.81. The molecule has 2 heterocycles. The first-order valence-corrected chi connectivity index (χ1v) is 12.1.